The number of rotatable bonds is 5. The van der Waals surface area contributed by atoms with Crippen molar-refractivity contribution in [1.82, 2.24) is 10.6 Å². The Morgan fingerprint density at radius 3 is 2.04 bits per heavy atom. The maximum absolute atomic E-state index is 12.8. The summed E-state index contributed by atoms with van der Waals surface area (Å²) >= 11 is 0. The molecule has 0 aromatic heterocycles. The lowest BCUT2D eigenvalue weighted by Gasteiger charge is -2.30. The third-order valence-electron chi connectivity index (χ3n) is 3.91. The molecule has 148 valence electrons. The zero-order valence-corrected chi connectivity index (χ0v) is 16.7. The highest BCUT2D eigenvalue weighted by atomic mass is 16.6. The van der Waals surface area contributed by atoms with Crippen LogP contribution >= 0.6 is 0 Å². The molecule has 8 heteroatoms. The van der Waals surface area contributed by atoms with E-state index in [-0.39, 0.29) is 0 Å². The van der Waals surface area contributed by atoms with E-state index in [1.165, 1.54) is 21.3 Å². The van der Waals surface area contributed by atoms with Crippen molar-refractivity contribution in [2.24, 2.45) is 0 Å². The fourth-order valence-corrected chi connectivity index (χ4v) is 2.82. The Kier molecular flexibility index (Phi) is 5.88. The maximum atomic E-state index is 12.8. The summed E-state index contributed by atoms with van der Waals surface area (Å²) in [6.07, 6.45) is 0. The second-order valence-corrected chi connectivity index (χ2v) is 7.03. The van der Waals surface area contributed by atoms with Crippen molar-refractivity contribution < 1.29 is 28.5 Å². The number of ether oxygens (including phenoxy) is 4. The van der Waals surface area contributed by atoms with E-state index >= 15 is 0 Å². The van der Waals surface area contributed by atoms with Crippen LogP contribution < -0.4 is 24.8 Å². The van der Waals surface area contributed by atoms with E-state index in [0.717, 1.165) is 0 Å². The summed E-state index contributed by atoms with van der Waals surface area (Å²) in [5.74, 6) is 0.733. The summed E-state index contributed by atoms with van der Waals surface area (Å²) in [5, 5.41) is 5.38. The summed E-state index contributed by atoms with van der Waals surface area (Å²) in [5.41, 5.74) is 0.649. The number of methoxy groups -OCH3 is 3. The van der Waals surface area contributed by atoms with Gasteiger partial charge in [-0.3, -0.25) is 0 Å². The molecule has 1 aliphatic heterocycles. The van der Waals surface area contributed by atoms with Gasteiger partial charge in [-0.1, -0.05) is 0 Å². The van der Waals surface area contributed by atoms with Gasteiger partial charge in [-0.2, -0.15) is 0 Å². The molecule has 0 radical (unpaired) electrons. The van der Waals surface area contributed by atoms with Crippen LogP contribution in [0.3, 0.4) is 0 Å². The Hall–Kier alpha value is -2.90. The minimum absolute atomic E-state index is 0.304. The van der Waals surface area contributed by atoms with E-state index in [2.05, 4.69) is 10.6 Å². The summed E-state index contributed by atoms with van der Waals surface area (Å²) in [7, 11) is 4.50. The number of benzene rings is 1. The second kappa shape index (κ2) is 7.77. The predicted octanol–water partition coefficient (Wildman–Crippen LogP) is 2.68. The first kappa shape index (κ1) is 20.4. The minimum Gasteiger partial charge on any atom is -0.493 e. The predicted molar refractivity (Wildman–Crippen MR) is 99.1 cm³/mol. The average molecular weight is 378 g/mol. The van der Waals surface area contributed by atoms with Crippen LogP contribution in [0.4, 0.5) is 4.79 Å². The van der Waals surface area contributed by atoms with Crippen LogP contribution in [0, 0.1) is 0 Å². The van der Waals surface area contributed by atoms with Crippen LogP contribution in [0.5, 0.6) is 17.2 Å². The van der Waals surface area contributed by atoms with E-state index in [0.29, 0.717) is 34.1 Å². The number of carbonyl (C=O) groups is 2. The standard InChI is InChI=1S/C19H26N2O6/c1-10-14(17(22)27-19(2,3)4)15(21-18(23)20-10)11-8-12(24-5)16(26-7)13(9-11)25-6/h8-9,15H,1-7H3,(H2,20,21,23)/t15-/m0/s1. The third-order valence-corrected chi connectivity index (χ3v) is 3.91. The molecule has 2 rings (SSSR count). The van der Waals surface area contributed by atoms with Crippen LogP contribution in [0.15, 0.2) is 23.4 Å². The SMILES string of the molecule is COc1cc([C@@H]2NC(=O)NC(C)=C2C(=O)OC(C)(C)C)cc(OC)c1OC. The van der Waals surface area contributed by atoms with E-state index < -0.39 is 23.6 Å². The van der Waals surface area contributed by atoms with Gasteiger partial charge in [0.2, 0.25) is 5.75 Å². The molecule has 8 nitrogen and oxygen atoms in total. The van der Waals surface area contributed by atoms with Gasteiger partial charge >= 0.3 is 12.0 Å². The van der Waals surface area contributed by atoms with Crippen molar-refractivity contribution in [1.29, 1.82) is 0 Å². The molecule has 0 unspecified atom stereocenters. The van der Waals surface area contributed by atoms with Crippen molar-refractivity contribution in [3.63, 3.8) is 0 Å². The molecule has 1 aromatic carbocycles. The van der Waals surface area contributed by atoms with Gasteiger partial charge in [0, 0.05) is 5.70 Å². The topological polar surface area (TPSA) is 95.1 Å². The zero-order valence-electron chi connectivity index (χ0n) is 16.7. The van der Waals surface area contributed by atoms with E-state index in [1.807, 2.05) is 0 Å². The molecule has 0 aliphatic carbocycles. The molecular weight excluding hydrogens is 352 g/mol. The average Bonchev–Trinajstić information content (AvgIpc) is 2.57. The molecule has 1 aromatic rings. The van der Waals surface area contributed by atoms with Gasteiger partial charge in [-0.25, -0.2) is 9.59 Å². The molecule has 2 N–H and O–H groups in total. The first-order valence-corrected chi connectivity index (χ1v) is 8.42. The number of amides is 2. The summed E-state index contributed by atoms with van der Waals surface area (Å²) in [4.78, 5) is 24.8. The summed E-state index contributed by atoms with van der Waals surface area (Å²) < 4.78 is 21.6. The number of allylic oxidation sites excluding steroid dienone is 1. The monoisotopic (exact) mass is 378 g/mol. The minimum atomic E-state index is -0.734. The lowest BCUT2D eigenvalue weighted by Crippen LogP contribution is -2.46. The largest absolute Gasteiger partial charge is 0.493 e. The van der Waals surface area contributed by atoms with Crippen LogP contribution in [-0.2, 0) is 9.53 Å². The van der Waals surface area contributed by atoms with Crippen LogP contribution in [0.1, 0.15) is 39.3 Å². The lowest BCUT2D eigenvalue weighted by molar-refractivity contribution is -0.150. The van der Waals surface area contributed by atoms with Gasteiger partial charge in [-0.05, 0) is 45.4 Å². The number of hydrogen-bond acceptors (Lipinski definition) is 6. The summed E-state index contributed by atoms with van der Waals surface area (Å²) in [6, 6.07) is 2.23. The molecular formula is C19H26N2O6. The fourth-order valence-electron chi connectivity index (χ4n) is 2.82. The highest BCUT2D eigenvalue weighted by Gasteiger charge is 2.35. The molecule has 0 spiro atoms. The quantitative estimate of drug-likeness (QED) is 0.765. The maximum Gasteiger partial charge on any atom is 0.338 e. The Morgan fingerprint density at radius 2 is 1.59 bits per heavy atom. The molecule has 1 atom stereocenters. The normalized spacial score (nSPS) is 17.0. The van der Waals surface area contributed by atoms with Crippen molar-refractivity contribution in [2.75, 3.05) is 21.3 Å². The Morgan fingerprint density at radius 1 is 1.04 bits per heavy atom. The number of carbonyl (C=O) groups excluding carboxylic acids is 2. The smallest absolute Gasteiger partial charge is 0.338 e. The number of nitrogens with one attached hydrogen (secondary N) is 2. The molecule has 1 aliphatic rings. The van der Waals surface area contributed by atoms with Crippen molar-refractivity contribution in [3.05, 3.63) is 29.0 Å². The van der Waals surface area contributed by atoms with Gasteiger partial charge in [0.15, 0.2) is 11.5 Å². The Bertz CT molecular complexity index is 754. The highest BCUT2D eigenvalue weighted by Crippen LogP contribution is 2.41. The third kappa shape index (κ3) is 4.45. The number of urea groups is 1. The fraction of sp³-hybridized carbons (Fsp3) is 0.474. The van der Waals surface area contributed by atoms with Gasteiger partial charge in [0.25, 0.3) is 0 Å². The number of esters is 1. The molecule has 1 heterocycles. The van der Waals surface area contributed by atoms with Crippen LogP contribution in [0.25, 0.3) is 0 Å². The van der Waals surface area contributed by atoms with Gasteiger partial charge < -0.3 is 29.6 Å². The highest BCUT2D eigenvalue weighted by molar-refractivity contribution is 5.95. The number of hydrogen-bond donors (Lipinski definition) is 2. The van der Waals surface area contributed by atoms with E-state index in [1.54, 1.807) is 39.8 Å². The van der Waals surface area contributed by atoms with E-state index in [4.69, 9.17) is 18.9 Å². The first-order valence-electron chi connectivity index (χ1n) is 8.42. The van der Waals surface area contributed by atoms with Gasteiger partial charge in [0.05, 0.1) is 32.9 Å². The second-order valence-electron chi connectivity index (χ2n) is 7.03. The molecule has 0 saturated carbocycles. The Labute approximate surface area is 158 Å². The molecule has 0 bridgehead atoms. The van der Waals surface area contributed by atoms with E-state index in [9.17, 15) is 9.59 Å². The Balaban J connectivity index is 2.58. The molecule has 0 fully saturated rings. The van der Waals surface area contributed by atoms with Gasteiger partial charge in [0.1, 0.15) is 5.60 Å². The molecule has 0 saturated heterocycles. The molecule has 2 amide bonds. The van der Waals surface area contributed by atoms with Crippen LogP contribution in [0.2, 0.25) is 0 Å². The first-order chi connectivity index (χ1) is 12.6. The lowest BCUT2D eigenvalue weighted by atomic mass is 9.94. The van der Waals surface area contributed by atoms with Crippen LogP contribution in [-0.4, -0.2) is 38.9 Å². The van der Waals surface area contributed by atoms with Crippen molar-refractivity contribution in [3.8, 4) is 17.2 Å². The zero-order chi connectivity index (χ0) is 20.4. The van der Waals surface area contributed by atoms with Crippen molar-refractivity contribution in [2.45, 2.75) is 39.3 Å². The summed E-state index contributed by atoms with van der Waals surface area (Å²) in [6.45, 7) is 7.00. The van der Waals surface area contributed by atoms with Gasteiger partial charge in [-0.15, -0.1) is 0 Å². The van der Waals surface area contributed by atoms with Crippen molar-refractivity contribution >= 4 is 12.0 Å². The molecule has 27 heavy (non-hydrogen) atoms.